The van der Waals surface area contributed by atoms with Gasteiger partial charge in [0, 0.05) is 25.3 Å². The second kappa shape index (κ2) is 2.57. The normalized spacial score (nSPS) is 38.8. The Morgan fingerprint density at radius 1 is 1.50 bits per heavy atom. The van der Waals surface area contributed by atoms with E-state index < -0.39 is 0 Å². The molecule has 0 radical (unpaired) electrons. The number of Topliss-reactive ketones (excluding diaryl/α,β-unsaturated/α-hetero) is 1. The summed E-state index contributed by atoms with van der Waals surface area (Å²) < 4.78 is 0. The summed E-state index contributed by atoms with van der Waals surface area (Å²) >= 11 is 0. The highest BCUT2D eigenvalue weighted by atomic mass is 16.2. The van der Waals surface area contributed by atoms with E-state index in [1.165, 1.54) is 0 Å². The smallest absolute Gasteiger partial charge is 0.223 e. The van der Waals surface area contributed by atoms with E-state index in [1.807, 2.05) is 0 Å². The van der Waals surface area contributed by atoms with Crippen molar-refractivity contribution in [2.75, 3.05) is 7.05 Å². The zero-order chi connectivity index (χ0) is 8.72. The minimum absolute atomic E-state index is 0.0127. The third-order valence-electron chi connectivity index (χ3n) is 3.15. The fraction of sp³-hybridized carbons (Fsp3) is 0.778. The predicted molar refractivity (Wildman–Crippen MR) is 43.4 cm³/mol. The highest BCUT2D eigenvalue weighted by molar-refractivity contribution is 5.91. The monoisotopic (exact) mass is 167 g/mol. The lowest BCUT2D eigenvalue weighted by Crippen LogP contribution is -2.34. The largest absolute Gasteiger partial charge is 0.359 e. The number of amides is 1. The Hall–Kier alpha value is -0.860. The van der Waals surface area contributed by atoms with E-state index in [1.54, 1.807) is 7.05 Å². The van der Waals surface area contributed by atoms with Gasteiger partial charge in [0.2, 0.25) is 5.91 Å². The van der Waals surface area contributed by atoms with E-state index in [2.05, 4.69) is 5.32 Å². The van der Waals surface area contributed by atoms with Gasteiger partial charge in [-0.1, -0.05) is 0 Å². The van der Waals surface area contributed by atoms with Crippen LogP contribution in [0.2, 0.25) is 0 Å². The first kappa shape index (κ1) is 7.77. The number of nitrogens with one attached hydrogen (secondary N) is 1. The van der Waals surface area contributed by atoms with Gasteiger partial charge >= 0.3 is 0 Å². The zero-order valence-electron chi connectivity index (χ0n) is 7.17. The molecule has 3 nitrogen and oxygen atoms in total. The molecule has 0 aromatic rings. The van der Waals surface area contributed by atoms with Crippen LogP contribution in [0.25, 0.3) is 0 Å². The number of hydrogen-bond donors (Lipinski definition) is 1. The van der Waals surface area contributed by atoms with Gasteiger partial charge in [-0.05, 0) is 18.8 Å². The van der Waals surface area contributed by atoms with E-state index in [9.17, 15) is 9.59 Å². The Morgan fingerprint density at radius 2 is 2.25 bits per heavy atom. The van der Waals surface area contributed by atoms with Crippen LogP contribution < -0.4 is 5.32 Å². The Labute approximate surface area is 71.5 Å². The van der Waals surface area contributed by atoms with Crippen molar-refractivity contribution in [3.8, 4) is 0 Å². The van der Waals surface area contributed by atoms with Gasteiger partial charge in [0.05, 0.1) is 0 Å². The fourth-order valence-electron chi connectivity index (χ4n) is 2.58. The van der Waals surface area contributed by atoms with Gasteiger partial charge in [0.15, 0.2) is 0 Å². The highest BCUT2D eigenvalue weighted by Gasteiger charge is 2.48. The summed E-state index contributed by atoms with van der Waals surface area (Å²) in [5.41, 5.74) is 0. The number of carbonyl (C=O) groups is 2. The van der Waals surface area contributed by atoms with Gasteiger partial charge in [-0.25, -0.2) is 0 Å². The number of hydrogen-bond acceptors (Lipinski definition) is 2. The van der Waals surface area contributed by atoms with Crippen LogP contribution in [0, 0.1) is 17.8 Å². The van der Waals surface area contributed by atoms with E-state index in [0.29, 0.717) is 11.7 Å². The van der Waals surface area contributed by atoms with E-state index in [4.69, 9.17) is 0 Å². The van der Waals surface area contributed by atoms with Gasteiger partial charge in [-0.3, -0.25) is 9.59 Å². The molecule has 2 rings (SSSR count). The van der Waals surface area contributed by atoms with Crippen LogP contribution in [0.5, 0.6) is 0 Å². The molecule has 0 heterocycles. The summed E-state index contributed by atoms with van der Waals surface area (Å²) in [6, 6.07) is 0. The lowest BCUT2D eigenvalue weighted by molar-refractivity contribution is -0.132. The summed E-state index contributed by atoms with van der Waals surface area (Å²) in [7, 11) is 1.64. The van der Waals surface area contributed by atoms with Gasteiger partial charge in [-0.15, -0.1) is 0 Å². The van der Waals surface area contributed by atoms with Crippen molar-refractivity contribution >= 4 is 11.7 Å². The first-order valence-corrected chi connectivity index (χ1v) is 4.46. The Morgan fingerprint density at radius 3 is 2.75 bits per heavy atom. The van der Waals surface area contributed by atoms with Crippen LogP contribution in [0.4, 0.5) is 0 Å². The quantitative estimate of drug-likeness (QED) is 0.612. The van der Waals surface area contributed by atoms with Gasteiger partial charge in [-0.2, -0.15) is 0 Å². The number of ketones is 1. The Balaban J connectivity index is 2.12. The van der Waals surface area contributed by atoms with Crippen LogP contribution in [-0.2, 0) is 9.59 Å². The molecular weight excluding hydrogens is 154 g/mol. The molecule has 0 aliphatic heterocycles. The minimum Gasteiger partial charge on any atom is -0.359 e. The highest BCUT2D eigenvalue weighted by Crippen LogP contribution is 2.46. The molecule has 2 aliphatic rings. The van der Waals surface area contributed by atoms with Crippen molar-refractivity contribution in [3.63, 3.8) is 0 Å². The SMILES string of the molecule is CNC(=O)[C@H]1C[C@@H]2CC(=O)[C@@H]1C2. The average Bonchev–Trinajstić information content (AvgIpc) is 2.60. The van der Waals surface area contributed by atoms with Crippen molar-refractivity contribution in [2.24, 2.45) is 17.8 Å². The summed E-state index contributed by atoms with van der Waals surface area (Å²) in [4.78, 5) is 22.6. The molecule has 2 bridgehead atoms. The molecule has 0 spiro atoms. The fourth-order valence-corrected chi connectivity index (χ4v) is 2.58. The summed E-state index contributed by atoms with van der Waals surface area (Å²) in [5, 5.41) is 2.62. The Kier molecular flexibility index (Phi) is 1.67. The molecule has 0 unspecified atom stereocenters. The number of carbonyl (C=O) groups excluding carboxylic acids is 2. The van der Waals surface area contributed by atoms with Crippen molar-refractivity contribution < 1.29 is 9.59 Å². The molecule has 12 heavy (non-hydrogen) atoms. The second-order valence-corrected chi connectivity index (χ2v) is 3.84. The number of fused-ring (bicyclic) bond motifs is 2. The topological polar surface area (TPSA) is 46.2 Å². The third kappa shape index (κ3) is 0.958. The first-order valence-electron chi connectivity index (χ1n) is 4.46. The Bertz CT molecular complexity index is 237. The summed E-state index contributed by atoms with van der Waals surface area (Å²) in [6.45, 7) is 0. The lowest BCUT2D eigenvalue weighted by Gasteiger charge is -2.18. The maximum absolute atomic E-state index is 11.3. The van der Waals surface area contributed by atoms with Gasteiger partial charge in [0.25, 0.3) is 0 Å². The molecule has 0 saturated heterocycles. The third-order valence-corrected chi connectivity index (χ3v) is 3.15. The standard InChI is InChI=1S/C9H13NO2/c1-10-9(12)7-3-5-2-6(7)8(11)4-5/h5-7H,2-4H2,1H3,(H,10,12)/t5-,6-,7+/m1/s1. The van der Waals surface area contributed by atoms with Crippen molar-refractivity contribution in [2.45, 2.75) is 19.3 Å². The van der Waals surface area contributed by atoms with Gasteiger partial charge in [0.1, 0.15) is 5.78 Å². The predicted octanol–water partition coefficient (Wildman–Crippen LogP) is 0.348. The van der Waals surface area contributed by atoms with Crippen LogP contribution in [0.3, 0.4) is 0 Å². The van der Waals surface area contributed by atoms with Crippen molar-refractivity contribution in [1.82, 2.24) is 5.32 Å². The van der Waals surface area contributed by atoms with Crippen LogP contribution in [-0.4, -0.2) is 18.7 Å². The van der Waals surface area contributed by atoms with E-state index >= 15 is 0 Å². The molecule has 1 N–H and O–H groups in total. The molecule has 0 aromatic carbocycles. The van der Waals surface area contributed by atoms with Crippen molar-refractivity contribution in [3.05, 3.63) is 0 Å². The molecule has 3 atom stereocenters. The van der Waals surface area contributed by atoms with Crippen molar-refractivity contribution in [1.29, 1.82) is 0 Å². The van der Waals surface area contributed by atoms with Crippen LogP contribution in [0.15, 0.2) is 0 Å². The molecule has 2 saturated carbocycles. The minimum atomic E-state index is -0.0127. The maximum atomic E-state index is 11.3. The molecule has 3 heteroatoms. The second-order valence-electron chi connectivity index (χ2n) is 3.84. The lowest BCUT2D eigenvalue weighted by atomic mass is 9.87. The van der Waals surface area contributed by atoms with Crippen LogP contribution >= 0.6 is 0 Å². The molecule has 1 amide bonds. The number of rotatable bonds is 1. The maximum Gasteiger partial charge on any atom is 0.223 e. The average molecular weight is 167 g/mol. The molecule has 2 fully saturated rings. The molecule has 0 aromatic heterocycles. The van der Waals surface area contributed by atoms with Gasteiger partial charge < -0.3 is 5.32 Å². The molecule has 2 aliphatic carbocycles. The van der Waals surface area contributed by atoms with E-state index in [-0.39, 0.29) is 17.7 Å². The van der Waals surface area contributed by atoms with E-state index in [0.717, 1.165) is 19.3 Å². The first-order chi connectivity index (χ1) is 5.72. The molecular formula is C9H13NO2. The zero-order valence-corrected chi connectivity index (χ0v) is 7.17. The molecule has 66 valence electrons. The van der Waals surface area contributed by atoms with Crippen LogP contribution in [0.1, 0.15) is 19.3 Å². The summed E-state index contributed by atoms with van der Waals surface area (Å²) in [6.07, 6.45) is 2.60. The summed E-state index contributed by atoms with van der Waals surface area (Å²) in [5.74, 6) is 0.899.